The Bertz CT molecular complexity index is 938. The first kappa shape index (κ1) is 21.5. The zero-order valence-corrected chi connectivity index (χ0v) is 19.1. The number of ether oxygens (including phenoxy) is 1. The first-order valence-corrected chi connectivity index (χ1v) is 12.1. The minimum absolute atomic E-state index is 0.00508. The zero-order chi connectivity index (χ0) is 22.0. The molecule has 1 amide bonds. The fraction of sp³-hybridized carbons (Fsp3) is 0.577. The highest BCUT2D eigenvalue weighted by atomic mass is 16.5. The van der Waals surface area contributed by atoms with Gasteiger partial charge in [0.25, 0.3) is 0 Å². The highest BCUT2D eigenvalue weighted by molar-refractivity contribution is 5.79. The number of carbonyl (C=O) groups is 1. The molecule has 5 rings (SSSR count). The molecule has 1 aliphatic carbocycles. The largest absolute Gasteiger partial charge is 0.383 e. The van der Waals surface area contributed by atoms with E-state index < -0.39 is 0 Å². The van der Waals surface area contributed by atoms with Crippen LogP contribution in [0.25, 0.3) is 11.4 Å². The van der Waals surface area contributed by atoms with Gasteiger partial charge < -0.3 is 14.5 Å². The lowest BCUT2D eigenvalue weighted by Gasteiger charge is -2.42. The summed E-state index contributed by atoms with van der Waals surface area (Å²) in [5.41, 5.74) is 3.51. The average Bonchev–Trinajstić information content (AvgIpc) is 3.20. The maximum absolute atomic E-state index is 13.5. The number of hydrogen-bond acceptors (Lipinski definition) is 5. The molecule has 0 bridgehead atoms. The minimum atomic E-state index is -0.00508. The van der Waals surface area contributed by atoms with E-state index in [1.54, 1.807) is 7.11 Å². The first-order valence-electron chi connectivity index (χ1n) is 12.1. The average molecular weight is 435 g/mol. The van der Waals surface area contributed by atoms with Crippen molar-refractivity contribution in [2.45, 2.75) is 43.9 Å². The van der Waals surface area contributed by atoms with Crippen molar-refractivity contribution in [1.82, 2.24) is 19.8 Å². The molecule has 6 heteroatoms. The van der Waals surface area contributed by atoms with Gasteiger partial charge in [-0.3, -0.25) is 4.79 Å². The molecule has 32 heavy (non-hydrogen) atoms. The molecular formula is C26H34N4O2. The third-order valence-electron chi connectivity index (χ3n) is 7.71. The topological polar surface area (TPSA) is 58.6 Å². The number of aromatic nitrogens is 2. The molecule has 1 atom stereocenters. The summed E-state index contributed by atoms with van der Waals surface area (Å²) in [5.74, 6) is 1.33. The molecule has 0 N–H and O–H groups in total. The lowest BCUT2D eigenvalue weighted by molar-refractivity contribution is -0.139. The highest BCUT2D eigenvalue weighted by Crippen LogP contribution is 2.44. The van der Waals surface area contributed by atoms with Crippen molar-refractivity contribution in [2.75, 3.05) is 46.4 Å². The number of fused-ring (bicyclic) bond motifs is 2. The Morgan fingerprint density at radius 3 is 2.75 bits per heavy atom. The van der Waals surface area contributed by atoms with Gasteiger partial charge in [-0.2, -0.15) is 0 Å². The summed E-state index contributed by atoms with van der Waals surface area (Å²) in [6.45, 7) is 5.42. The number of nitrogens with zero attached hydrogens (tertiary/aromatic N) is 4. The Labute approximate surface area is 191 Å². The third kappa shape index (κ3) is 4.18. The second kappa shape index (κ2) is 9.28. The van der Waals surface area contributed by atoms with E-state index in [1.165, 1.54) is 11.3 Å². The lowest BCUT2D eigenvalue weighted by atomic mass is 9.77. The maximum Gasteiger partial charge on any atom is 0.225 e. The molecule has 6 nitrogen and oxygen atoms in total. The van der Waals surface area contributed by atoms with E-state index in [1.807, 2.05) is 24.4 Å². The van der Waals surface area contributed by atoms with Gasteiger partial charge in [0.1, 0.15) is 0 Å². The van der Waals surface area contributed by atoms with Gasteiger partial charge in [0.05, 0.1) is 12.3 Å². The standard InChI is InChI=1S/C26H34N4O2/c1-32-17-16-29-14-9-21(10-15-29)25(31)30-13-5-11-26(19-30)12-8-22-18-27-24(28-23(22)26)20-6-3-2-4-7-20/h2-4,6-7,18,21H,5,8-17,19H2,1H3. The van der Waals surface area contributed by atoms with Crippen molar-refractivity contribution in [3.05, 3.63) is 47.8 Å². The van der Waals surface area contributed by atoms with Crippen LogP contribution in [0.2, 0.25) is 0 Å². The number of carbonyl (C=O) groups excluding carboxylic acids is 1. The van der Waals surface area contributed by atoms with Crippen LogP contribution in [0.15, 0.2) is 36.5 Å². The van der Waals surface area contributed by atoms with Gasteiger partial charge in [-0.05, 0) is 57.2 Å². The SMILES string of the molecule is COCCN1CCC(C(=O)N2CCCC3(CCc4cnc(-c5ccccc5)nc43)C2)CC1. The first-order chi connectivity index (χ1) is 15.7. The molecule has 3 aliphatic rings. The van der Waals surface area contributed by atoms with E-state index in [0.29, 0.717) is 5.91 Å². The predicted octanol–water partition coefficient (Wildman–Crippen LogP) is 3.31. The molecule has 1 aromatic carbocycles. The number of benzene rings is 1. The quantitative estimate of drug-likeness (QED) is 0.723. The van der Waals surface area contributed by atoms with Crippen LogP contribution in [0.5, 0.6) is 0 Å². The minimum Gasteiger partial charge on any atom is -0.383 e. The second-order valence-electron chi connectivity index (χ2n) is 9.69. The molecule has 2 aliphatic heterocycles. The summed E-state index contributed by atoms with van der Waals surface area (Å²) < 4.78 is 5.21. The van der Waals surface area contributed by atoms with Gasteiger partial charge in [0.2, 0.25) is 5.91 Å². The second-order valence-corrected chi connectivity index (χ2v) is 9.69. The molecular weight excluding hydrogens is 400 g/mol. The van der Waals surface area contributed by atoms with Crippen LogP contribution < -0.4 is 0 Å². The van der Waals surface area contributed by atoms with Gasteiger partial charge in [-0.1, -0.05) is 30.3 Å². The van der Waals surface area contributed by atoms with Crippen molar-refractivity contribution in [2.24, 2.45) is 5.92 Å². The van der Waals surface area contributed by atoms with Gasteiger partial charge in [-0.25, -0.2) is 9.97 Å². The Morgan fingerprint density at radius 1 is 1.16 bits per heavy atom. The van der Waals surface area contributed by atoms with Gasteiger partial charge in [0, 0.05) is 49.8 Å². The molecule has 0 radical (unpaired) electrons. The van der Waals surface area contributed by atoms with Crippen molar-refractivity contribution < 1.29 is 9.53 Å². The fourth-order valence-electron chi connectivity index (χ4n) is 5.87. The predicted molar refractivity (Wildman–Crippen MR) is 124 cm³/mol. The molecule has 1 unspecified atom stereocenters. The van der Waals surface area contributed by atoms with Gasteiger partial charge in [-0.15, -0.1) is 0 Å². The molecule has 2 fully saturated rings. The van der Waals surface area contributed by atoms with E-state index in [9.17, 15) is 4.79 Å². The van der Waals surface area contributed by atoms with E-state index in [-0.39, 0.29) is 11.3 Å². The summed E-state index contributed by atoms with van der Waals surface area (Å²) >= 11 is 0. The summed E-state index contributed by atoms with van der Waals surface area (Å²) in [4.78, 5) is 27.8. The molecule has 0 saturated carbocycles. The molecule has 1 aromatic heterocycles. The number of amides is 1. The van der Waals surface area contributed by atoms with Crippen LogP contribution in [0.1, 0.15) is 43.4 Å². The van der Waals surface area contributed by atoms with Gasteiger partial charge >= 0.3 is 0 Å². The van der Waals surface area contributed by atoms with Crippen LogP contribution in [0.4, 0.5) is 0 Å². The molecule has 3 heterocycles. The number of hydrogen-bond donors (Lipinski definition) is 0. The van der Waals surface area contributed by atoms with Crippen LogP contribution >= 0.6 is 0 Å². The number of likely N-dealkylation sites (tertiary alicyclic amines) is 2. The molecule has 170 valence electrons. The monoisotopic (exact) mass is 434 g/mol. The van der Waals surface area contributed by atoms with Crippen LogP contribution in [-0.2, 0) is 21.4 Å². The van der Waals surface area contributed by atoms with Crippen molar-refractivity contribution in [3.63, 3.8) is 0 Å². The van der Waals surface area contributed by atoms with Crippen molar-refractivity contribution in [1.29, 1.82) is 0 Å². The van der Waals surface area contributed by atoms with Crippen molar-refractivity contribution in [3.8, 4) is 11.4 Å². The normalized spacial score (nSPS) is 24.1. The Hall–Kier alpha value is -2.31. The van der Waals surface area contributed by atoms with Crippen LogP contribution in [0, 0.1) is 5.92 Å². The summed E-state index contributed by atoms with van der Waals surface area (Å²) in [6.07, 6.45) is 8.22. The maximum atomic E-state index is 13.5. The zero-order valence-electron chi connectivity index (χ0n) is 19.1. The van der Waals surface area contributed by atoms with E-state index in [2.05, 4.69) is 26.9 Å². The molecule has 1 spiro atoms. The highest BCUT2D eigenvalue weighted by Gasteiger charge is 2.45. The van der Waals surface area contributed by atoms with E-state index >= 15 is 0 Å². The number of methoxy groups -OCH3 is 1. The fourth-order valence-corrected chi connectivity index (χ4v) is 5.87. The van der Waals surface area contributed by atoms with Gasteiger partial charge in [0.15, 0.2) is 5.82 Å². The molecule has 2 saturated heterocycles. The summed E-state index contributed by atoms with van der Waals surface area (Å²) in [7, 11) is 1.75. The van der Waals surface area contributed by atoms with Crippen LogP contribution in [-0.4, -0.2) is 72.1 Å². The van der Waals surface area contributed by atoms with E-state index in [4.69, 9.17) is 9.72 Å². The Kier molecular flexibility index (Phi) is 6.24. The van der Waals surface area contributed by atoms with Crippen molar-refractivity contribution >= 4 is 5.91 Å². The lowest BCUT2D eigenvalue weighted by Crippen LogP contribution is -2.51. The number of aryl methyl sites for hydroxylation is 1. The third-order valence-corrected chi connectivity index (χ3v) is 7.71. The summed E-state index contributed by atoms with van der Waals surface area (Å²) in [6, 6.07) is 10.2. The Morgan fingerprint density at radius 2 is 1.97 bits per heavy atom. The number of rotatable bonds is 5. The Balaban J connectivity index is 1.30. The number of piperidine rings is 2. The summed E-state index contributed by atoms with van der Waals surface area (Å²) in [5, 5.41) is 0. The molecule has 2 aromatic rings. The van der Waals surface area contributed by atoms with E-state index in [0.717, 1.165) is 89.2 Å². The smallest absolute Gasteiger partial charge is 0.225 e. The van der Waals surface area contributed by atoms with Crippen LogP contribution in [0.3, 0.4) is 0 Å².